The summed E-state index contributed by atoms with van der Waals surface area (Å²) in [5.41, 5.74) is 2.26. The third-order valence-corrected chi connectivity index (χ3v) is 3.81. The van der Waals surface area contributed by atoms with Crippen LogP contribution in [0.1, 0.15) is 66.6 Å². The van der Waals surface area contributed by atoms with Crippen molar-refractivity contribution in [2.24, 2.45) is 0 Å². The molecular formula is C19H22O3. The van der Waals surface area contributed by atoms with Crippen LogP contribution in [0.15, 0.2) is 36.4 Å². The van der Waals surface area contributed by atoms with Crippen molar-refractivity contribution < 1.29 is 15.0 Å². The summed E-state index contributed by atoms with van der Waals surface area (Å²) in [5.74, 6) is 0.151. The normalized spacial score (nSPS) is 11.2. The van der Waals surface area contributed by atoms with Crippen LogP contribution in [-0.4, -0.2) is 16.0 Å². The molecule has 0 radical (unpaired) electrons. The number of aromatic hydroxyl groups is 2. The number of ketones is 1. The van der Waals surface area contributed by atoms with Gasteiger partial charge in [-0.25, -0.2) is 0 Å². The summed E-state index contributed by atoms with van der Waals surface area (Å²) >= 11 is 0. The molecular weight excluding hydrogens is 276 g/mol. The van der Waals surface area contributed by atoms with Crippen molar-refractivity contribution >= 4 is 5.78 Å². The largest absolute Gasteiger partial charge is 0.508 e. The van der Waals surface area contributed by atoms with E-state index in [9.17, 15) is 15.0 Å². The van der Waals surface area contributed by atoms with Crippen molar-refractivity contribution in [1.82, 2.24) is 0 Å². The van der Waals surface area contributed by atoms with E-state index in [4.69, 9.17) is 0 Å². The van der Waals surface area contributed by atoms with Crippen molar-refractivity contribution in [2.75, 3.05) is 0 Å². The molecule has 0 amide bonds. The monoisotopic (exact) mass is 298 g/mol. The first-order valence-electron chi connectivity index (χ1n) is 7.53. The van der Waals surface area contributed by atoms with Crippen LogP contribution in [0.25, 0.3) is 0 Å². The van der Waals surface area contributed by atoms with Gasteiger partial charge in [0.25, 0.3) is 0 Å². The zero-order valence-corrected chi connectivity index (χ0v) is 13.4. The smallest absolute Gasteiger partial charge is 0.193 e. The van der Waals surface area contributed by atoms with Gasteiger partial charge in [-0.05, 0) is 24.0 Å². The summed E-state index contributed by atoms with van der Waals surface area (Å²) in [6.45, 7) is 7.77. The molecule has 2 rings (SSSR count). The number of hydrogen-bond donors (Lipinski definition) is 2. The van der Waals surface area contributed by atoms with Gasteiger partial charge >= 0.3 is 0 Å². The quantitative estimate of drug-likeness (QED) is 0.813. The summed E-state index contributed by atoms with van der Waals surface area (Å²) in [6, 6.07) is 9.99. The van der Waals surface area contributed by atoms with E-state index >= 15 is 0 Å². The summed E-state index contributed by atoms with van der Waals surface area (Å²) in [5, 5.41) is 20.2. The van der Waals surface area contributed by atoms with Gasteiger partial charge in [-0.15, -0.1) is 0 Å². The highest BCUT2D eigenvalue weighted by molar-refractivity contribution is 6.11. The van der Waals surface area contributed by atoms with Crippen molar-refractivity contribution in [1.29, 1.82) is 0 Å². The minimum atomic E-state index is -0.167. The Kier molecular flexibility index (Phi) is 4.55. The number of carbonyl (C=O) groups excluding carboxylic acids is 1. The first kappa shape index (κ1) is 16.1. The molecule has 0 atom stereocenters. The molecule has 0 bridgehead atoms. The predicted molar refractivity (Wildman–Crippen MR) is 87.8 cm³/mol. The van der Waals surface area contributed by atoms with Crippen LogP contribution < -0.4 is 0 Å². The highest BCUT2D eigenvalue weighted by Gasteiger charge is 2.23. The van der Waals surface area contributed by atoms with E-state index in [-0.39, 0.29) is 29.1 Å². The van der Waals surface area contributed by atoms with Gasteiger partial charge in [-0.2, -0.15) is 0 Å². The summed E-state index contributed by atoms with van der Waals surface area (Å²) in [7, 11) is 0. The van der Waals surface area contributed by atoms with Crippen molar-refractivity contribution in [3.05, 3.63) is 58.7 Å². The third kappa shape index (κ3) is 2.84. The fourth-order valence-electron chi connectivity index (χ4n) is 2.86. The standard InChI is InChI=1S/C19H22O3/c1-11(2)17-13(7-5-9-15(17)20)19(22)14-8-6-10-16(21)18(14)12(3)4/h5-12,20-21H,1-4H3. The van der Waals surface area contributed by atoms with E-state index in [1.54, 1.807) is 36.4 Å². The van der Waals surface area contributed by atoms with Crippen LogP contribution in [0, 0.1) is 0 Å². The number of phenols is 2. The zero-order valence-electron chi connectivity index (χ0n) is 13.4. The molecule has 0 aliphatic carbocycles. The van der Waals surface area contributed by atoms with E-state index in [0.717, 1.165) is 0 Å². The molecule has 0 aromatic heterocycles. The Morgan fingerprint density at radius 2 is 1.14 bits per heavy atom. The maximum Gasteiger partial charge on any atom is 0.193 e. The second-order valence-corrected chi connectivity index (χ2v) is 6.12. The van der Waals surface area contributed by atoms with E-state index in [0.29, 0.717) is 22.3 Å². The molecule has 0 aliphatic heterocycles. The average molecular weight is 298 g/mol. The molecule has 22 heavy (non-hydrogen) atoms. The van der Waals surface area contributed by atoms with Gasteiger partial charge in [0.2, 0.25) is 0 Å². The molecule has 0 unspecified atom stereocenters. The van der Waals surface area contributed by atoms with Gasteiger partial charge in [0.15, 0.2) is 5.78 Å². The topological polar surface area (TPSA) is 57.5 Å². The fourth-order valence-corrected chi connectivity index (χ4v) is 2.86. The van der Waals surface area contributed by atoms with Crippen LogP contribution in [0.2, 0.25) is 0 Å². The minimum absolute atomic E-state index is 0.0277. The fraction of sp³-hybridized carbons (Fsp3) is 0.316. The average Bonchev–Trinajstić information content (AvgIpc) is 2.45. The van der Waals surface area contributed by atoms with Gasteiger partial charge < -0.3 is 10.2 Å². The Bertz CT molecular complexity index is 640. The van der Waals surface area contributed by atoms with Gasteiger partial charge in [0.05, 0.1) is 0 Å². The molecule has 2 aromatic carbocycles. The number of benzene rings is 2. The van der Waals surface area contributed by atoms with Crippen LogP contribution in [0.3, 0.4) is 0 Å². The first-order chi connectivity index (χ1) is 10.3. The lowest BCUT2D eigenvalue weighted by Gasteiger charge is -2.17. The number of rotatable bonds is 4. The Balaban J connectivity index is 2.65. The Hall–Kier alpha value is -2.29. The van der Waals surface area contributed by atoms with Crippen LogP contribution in [0.5, 0.6) is 11.5 Å². The Labute approximate surface area is 131 Å². The van der Waals surface area contributed by atoms with Crippen LogP contribution >= 0.6 is 0 Å². The molecule has 2 aromatic rings. The molecule has 116 valence electrons. The molecule has 0 saturated carbocycles. The zero-order chi connectivity index (χ0) is 16.4. The van der Waals surface area contributed by atoms with E-state index in [1.165, 1.54) is 0 Å². The molecule has 3 heteroatoms. The lowest BCUT2D eigenvalue weighted by atomic mass is 9.87. The molecule has 0 fully saturated rings. The Morgan fingerprint density at radius 1 is 0.773 bits per heavy atom. The maximum atomic E-state index is 13.0. The summed E-state index contributed by atoms with van der Waals surface area (Å²) < 4.78 is 0. The van der Waals surface area contributed by atoms with E-state index in [1.807, 2.05) is 27.7 Å². The third-order valence-electron chi connectivity index (χ3n) is 3.81. The highest BCUT2D eigenvalue weighted by Crippen LogP contribution is 2.34. The summed E-state index contributed by atoms with van der Waals surface area (Å²) in [4.78, 5) is 13.0. The molecule has 0 saturated heterocycles. The maximum absolute atomic E-state index is 13.0. The van der Waals surface area contributed by atoms with Gasteiger partial charge in [-0.1, -0.05) is 52.0 Å². The van der Waals surface area contributed by atoms with Crippen LogP contribution in [-0.2, 0) is 0 Å². The molecule has 0 spiro atoms. The number of phenolic OH excluding ortho intramolecular Hbond substituents is 2. The lowest BCUT2D eigenvalue weighted by Crippen LogP contribution is -2.10. The minimum Gasteiger partial charge on any atom is -0.508 e. The Morgan fingerprint density at radius 3 is 1.45 bits per heavy atom. The molecule has 0 heterocycles. The number of hydrogen-bond acceptors (Lipinski definition) is 3. The highest BCUT2D eigenvalue weighted by atomic mass is 16.3. The SMILES string of the molecule is CC(C)c1c(O)cccc1C(=O)c1cccc(O)c1C(C)C. The molecule has 0 aliphatic rings. The first-order valence-corrected chi connectivity index (χ1v) is 7.53. The summed E-state index contributed by atoms with van der Waals surface area (Å²) in [6.07, 6.45) is 0. The molecule has 2 N–H and O–H groups in total. The van der Waals surface area contributed by atoms with Crippen LogP contribution in [0.4, 0.5) is 0 Å². The van der Waals surface area contributed by atoms with Gasteiger partial charge in [-0.3, -0.25) is 4.79 Å². The van der Waals surface area contributed by atoms with Gasteiger partial charge in [0, 0.05) is 22.3 Å². The second kappa shape index (κ2) is 6.22. The van der Waals surface area contributed by atoms with Crippen molar-refractivity contribution in [3.8, 4) is 11.5 Å². The lowest BCUT2D eigenvalue weighted by molar-refractivity contribution is 0.103. The van der Waals surface area contributed by atoms with Gasteiger partial charge in [0.1, 0.15) is 11.5 Å². The predicted octanol–water partition coefficient (Wildman–Crippen LogP) is 4.58. The van der Waals surface area contributed by atoms with Crippen molar-refractivity contribution in [2.45, 2.75) is 39.5 Å². The van der Waals surface area contributed by atoms with E-state index in [2.05, 4.69) is 0 Å². The second-order valence-electron chi connectivity index (χ2n) is 6.12. The van der Waals surface area contributed by atoms with E-state index < -0.39 is 0 Å². The molecule has 3 nitrogen and oxygen atoms in total. The van der Waals surface area contributed by atoms with Crippen molar-refractivity contribution in [3.63, 3.8) is 0 Å². The number of carbonyl (C=O) groups is 1.